The lowest BCUT2D eigenvalue weighted by Crippen LogP contribution is -2.43. The van der Waals surface area contributed by atoms with E-state index in [1.807, 2.05) is 24.3 Å². The molecule has 2 aromatic carbocycles. The second-order valence-corrected chi connectivity index (χ2v) is 6.55. The maximum Gasteiger partial charge on any atom is 0.271 e. The zero-order chi connectivity index (χ0) is 19.3. The smallest absolute Gasteiger partial charge is 0.271 e. The summed E-state index contributed by atoms with van der Waals surface area (Å²) in [7, 11) is 0. The van der Waals surface area contributed by atoms with Gasteiger partial charge in [0.25, 0.3) is 11.6 Å². The van der Waals surface area contributed by atoms with Crippen LogP contribution in [0.1, 0.15) is 35.7 Å². The van der Waals surface area contributed by atoms with Crippen molar-refractivity contribution in [1.82, 2.24) is 10.9 Å². The summed E-state index contributed by atoms with van der Waals surface area (Å²) in [5, 5.41) is 14.0. The number of carbonyl (C=O) groups excluding carboxylic acids is 1. The van der Waals surface area contributed by atoms with Gasteiger partial charge in [0.2, 0.25) is 0 Å². The Bertz CT molecular complexity index is 840. The van der Waals surface area contributed by atoms with Crippen LogP contribution in [0.3, 0.4) is 0 Å². The Balaban J connectivity index is 1.95. The Kier molecular flexibility index (Phi) is 6.48. The number of anilines is 1. The van der Waals surface area contributed by atoms with Gasteiger partial charge in [-0.2, -0.15) is 0 Å². The Labute approximate surface area is 160 Å². The van der Waals surface area contributed by atoms with Gasteiger partial charge in [-0.15, -0.1) is 0 Å². The molecular formula is C17H17ClN4O3S. The summed E-state index contributed by atoms with van der Waals surface area (Å²) in [6.45, 7) is 4.20. The predicted molar refractivity (Wildman–Crippen MR) is 105 cm³/mol. The van der Waals surface area contributed by atoms with Gasteiger partial charge in [0.05, 0.1) is 15.5 Å². The summed E-state index contributed by atoms with van der Waals surface area (Å²) >= 11 is 11.0. The number of nitro benzene ring substituents is 1. The van der Waals surface area contributed by atoms with E-state index in [2.05, 4.69) is 30.0 Å². The van der Waals surface area contributed by atoms with Crippen LogP contribution in [0.15, 0.2) is 42.5 Å². The van der Waals surface area contributed by atoms with Gasteiger partial charge in [-0.05, 0) is 41.9 Å². The molecule has 26 heavy (non-hydrogen) atoms. The fourth-order valence-electron chi connectivity index (χ4n) is 2.10. The minimum absolute atomic E-state index is 0.0301. The standard InChI is InChI=1S/C17H17ClN4O3S/c1-10(2)11-3-5-12(6-4-11)19-17(26)21-20-16(23)14-9-13(22(24)25)7-8-15(14)18/h3-10H,1-2H3,(H,20,23)(H2,19,21,26). The van der Waals surface area contributed by atoms with Gasteiger partial charge in [0, 0.05) is 17.8 Å². The van der Waals surface area contributed by atoms with Gasteiger partial charge in [0.15, 0.2) is 5.11 Å². The summed E-state index contributed by atoms with van der Waals surface area (Å²) in [5.74, 6) is -0.217. The van der Waals surface area contributed by atoms with Crippen LogP contribution >= 0.6 is 23.8 Å². The van der Waals surface area contributed by atoms with Crippen LogP contribution in [0.4, 0.5) is 11.4 Å². The molecule has 0 spiro atoms. The van der Waals surface area contributed by atoms with Crippen LogP contribution in [-0.2, 0) is 0 Å². The number of hydrazine groups is 1. The Morgan fingerprint density at radius 1 is 1.15 bits per heavy atom. The number of nitro groups is 1. The van der Waals surface area contributed by atoms with Gasteiger partial charge >= 0.3 is 0 Å². The van der Waals surface area contributed by atoms with E-state index in [1.54, 1.807) is 0 Å². The van der Waals surface area contributed by atoms with Crippen molar-refractivity contribution in [2.24, 2.45) is 0 Å². The number of benzene rings is 2. The molecule has 3 N–H and O–H groups in total. The number of amides is 1. The van der Waals surface area contributed by atoms with E-state index in [4.69, 9.17) is 23.8 Å². The second-order valence-electron chi connectivity index (χ2n) is 5.73. The summed E-state index contributed by atoms with van der Waals surface area (Å²) in [4.78, 5) is 22.4. The molecule has 0 radical (unpaired) electrons. The van der Waals surface area contributed by atoms with Gasteiger partial charge < -0.3 is 5.32 Å². The highest BCUT2D eigenvalue weighted by molar-refractivity contribution is 7.80. The minimum atomic E-state index is -0.641. The van der Waals surface area contributed by atoms with Crippen LogP contribution in [-0.4, -0.2) is 15.9 Å². The van der Waals surface area contributed by atoms with Crippen molar-refractivity contribution in [3.63, 3.8) is 0 Å². The molecule has 136 valence electrons. The Morgan fingerprint density at radius 2 is 1.81 bits per heavy atom. The number of rotatable bonds is 4. The fourth-order valence-corrected chi connectivity index (χ4v) is 2.47. The maximum absolute atomic E-state index is 12.1. The first-order chi connectivity index (χ1) is 12.3. The van der Waals surface area contributed by atoms with Crippen molar-refractivity contribution in [3.8, 4) is 0 Å². The topological polar surface area (TPSA) is 96.3 Å². The average molecular weight is 393 g/mol. The first-order valence-electron chi connectivity index (χ1n) is 7.69. The molecule has 0 aliphatic rings. The third-order valence-electron chi connectivity index (χ3n) is 3.53. The lowest BCUT2D eigenvalue weighted by atomic mass is 10.0. The van der Waals surface area contributed by atoms with Crippen LogP contribution < -0.4 is 16.2 Å². The molecule has 0 fully saturated rings. The molecule has 0 unspecified atom stereocenters. The minimum Gasteiger partial charge on any atom is -0.331 e. The molecule has 9 heteroatoms. The normalized spacial score (nSPS) is 10.3. The lowest BCUT2D eigenvalue weighted by Gasteiger charge is -2.13. The van der Waals surface area contributed by atoms with Crippen molar-refractivity contribution >= 4 is 46.2 Å². The van der Waals surface area contributed by atoms with Gasteiger partial charge in [-0.25, -0.2) is 0 Å². The molecule has 1 amide bonds. The van der Waals surface area contributed by atoms with Crippen molar-refractivity contribution in [3.05, 3.63) is 68.7 Å². The summed E-state index contributed by atoms with van der Waals surface area (Å²) in [5.41, 5.74) is 6.59. The Morgan fingerprint density at radius 3 is 2.38 bits per heavy atom. The van der Waals surface area contributed by atoms with Crippen molar-refractivity contribution < 1.29 is 9.72 Å². The number of carbonyl (C=O) groups is 1. The molecule has 2 aromatic rings. The zero-order valence-corrected chi connectivity index (χ0v) is 15.6. The largest absolute Gasteiger partial charge is 0.331 e. The predicted octanol–water partition coefficient (Wildman–Crippen LogP) is 4.00. The Hall–Kier alpha value is -2.71. The molecule has 0 atom stereocenters. The molecular weight excluding hydrogens is 376 g/mol. The highest BCUT2D eigenvalue weighted by atomic mass is 35.5. The SMILES string of the molecule is CC(C)c1ccc(NC(=S)NNC(=O)c2cc([N+](=O)[O-])ccc2Cl)cc1. The molecule has 0 aliphatic carbocycles. The highest BCUT2D eigenvalue weighted by Crippen LogP contribution is 2.21. The zero-order valence-electron chi connectivity index (χ0n) is 14.1. The monoisotopic (exact) mass is 392 g/mol. The second kappa shape index (κ2) is 8.59. The third-order valence-corrected chi connectivity index (χ3v) is 4.06. The fraction of sp³-hybridized carbons (Fsp3) is 0.176. The molecule has 0 aromatic heterocycles. The van der Waals surface area contributed by atoms with Crippen LogP contribution in [0.5, 0.6) is 0 Å². The third kappa shape index (κ3) is 5.14. The highest BCUT2D eigenvalue weighted by Gasteiger charge is 2.16. The van der Waals surface area contributed by atoms with Crippen molar-refractivity contribution in [2.45, 2.75) is 19.8 Å². The first-order valence-corrected chi connectivity index (χ1v) is 8.47. The first kappa shape index (κ1) is 19.6. The van der Waals surface area contributed by atoms with E-state index in [9.17, 15) is 14.9 Å². The van der Waals surface area contributed by atoms with E-state index < -0.39 is 10.8 Å². The number of thiocarbonyl (C=S) groups is 1. The van der Waals surface area contributed by atoms with E-state index in [0.29, 0.717) is 5.92 Å². The average Bonchev–Trinajstić information content (AvgIpc) is 2.60. The van der Waals surface area contributed by atoms with Crippen LogP contribution in [0, 0.1) is 10.1 Å². The van der Waals surface area contributed by atoms with E-state index in [1.165, 1.54) is 17.7 Å². The number of nitrogens with one attached hydrogen (secondary N) is 3. The summed E-state index contributed by atoms with van der Waals surface area (Å²) < 4.78 is 0. The van der Waals surface area contributed by atoms with Gasteiger partial charge in [-0.3, -0.25) is 25.8 Å². The number of nitrogens with zero attached hydrogens (tertiary/aromatic N) is 1. The number of hydrogen-bond donors (Lipinski definition) is 3. The molecule has 0 aliphatic heterocycles. The maximum atomic E-state index is 12.1. The van der Waals surface area contributed by atoms with E-state index >= 15 is 0 Å². The number of hydrogen-bond acceptors (Lipinski definition) is 4. The quantitative estimate of drug-likeness (QED) is 0.413. The molecule has 7 nitrogen and oxygen atoms in total. The number of halogens is 1. The van der Waals surface area contributed by atoms with E-state index in [-0.39, 0.29) is 21.4 Å². The summed E-state index contributed by atoms with van der Waals surface area (Å²) in [6.07, 6.45) is 0. The van der Waals surface area contributed by atoms with E-state index in [0.717, 1.165) is 11.8 Å². The van der Waals surface area contributed by atoms with Crippen molar-refractivity contribution in [2.75, 3.05) is 5.32 Å². The van der Waals surface area contributed by atoms with Crippen LogP contribution in [0.25, 0.3) is 0 Å². The van der Waals surface area contributed by atoms with Crippen molar-refractivity contribution in [1.29, 1.82) is 0 Å². The van der Waals surface area contributed by atoms with Gasteiger partial charge in [0.1, 0.15) is 0 Å². The van der Waals surface area contributed by atoms with Gasteiger partial charge in [-0.1, -0.05) is 37.6 Å². The molecule has 2 rings (SSSR count). The molecule has 0 saturated heterocycles. The molecule has 0 saturated carbocycles. The molecule has 0 bridgehead atoms. The summed E-state index contributed by atoms with van der Waals surface area (Å²) in [6, 6.07) is 11.3. The molecule has 0 heterocycles. The van der Waals surface area contributed by atoms with Crippen LogP contribution in [0.2, 0.25) is 5.02 Å². The number of non-ortho nitro benzene ring substituents is 1. The lowest BCUT2D eigenvalue weighted by molar-refractivity contribution is -0.384.